The van der Waals surface area contributed by atoms with E-state index in [0.717, 1.165) is 6.06 Å². The standard InChI is InChI=1S/C3H10BOP/c1-6(2,5)3-4/h3-4H2,1-2H3. The molecule has 0 rings (SSSR count). The van der Waals surface area contributed by atoms with Crippen LogP contribution >= 0.6 is 7.14 Å². The minimum Gasteiger partial charge on any atom is -0.325 e. The molecule has 3 heteroatoms. The Bertz CT molecular complexity index is 74.9. The van der Waals surface area contributed by atoms with Gasteiger partial charge in [-0.15, -0.1) is 0 Å². The molecule has 0 spiro atoms. The highest BCUT2D eigenvalue weighted by molar-refractivity contribution is 7.63. The van der Waals surface area contributed by atoms with Gasteiger partial charge in [-0.3, -0.25) is 0 Å². The van der Waals surface area contributed by atoms with Gasteiger partial charge in [0.2, 0.25) is 0 Å². The van der Waals surface area contributed by atoms with Crippen LogP contribution in [0.2, 0.25) is 0 Å². The molecule has 0 aromatic heterocycles. The van der Waals surface area contributed by atoms with E-state index in [-0.39, 0.29) is 0 Å². The first-order chi connectivity index (χ1) is 2.56. The number of hydrogen-bond acceptors (Lipinski definition) is 1. The van der Waals surface area contributed by atoms with E-state index in [2.05, 4.69) is 0 Å². The summed E-state index contributed by atoms with van der Waals surface area (Å²) in [5.74, 6) is 0. The molecule has 0 saturated heterocycles. The minimum atomic E-state index is -1.65. The quantitative estimate of drug-likeness (QED) is 0.343. The van der Waals surface area contributed by atoms with E-state index in [1.807, 2.05) is 7.85 Å². The Kier molecular flexibility index (Phi) is 1.93. The van der Waals surface area contributed by atoms with Crippen molar-refractivity contribution in [3.05, 3.63) is 0 Å². The summed E-state index contributed by atoms with van der Waals surface area (Å²) >= 11 is 0. The molecule has 0 aliphatic heterocycles. The fourth-order valence-corrected chi connectivity index (χ4v) is 0. The Hall–Kier alpha value is 0.295. The molecule has 0 aliphatic rings. The predicted molar refractivity (Wildman–Crippen MR) is 32.9 cm³/mol. The van der Waals surface area contributed by atoms with Gasteiger partial charge < -0.3 is 4.57 Å². The molecule has 1 nitrogen and oxygen atoms in total. The van der Waals surface area contributed by atoms with Crippen LogP contribution < -0.4 is 0 Å². The Morgan fingerprint density at radius 2 is 1.83 bits per heavy atom. The molecule has 0 radical (unpaired) electrons. The Morgan fingerprint density at radius 1 is 1.67 bits per heavy atom. The van der Waals surface area contributed by atoms with Crippen molar-refractivity contribution in [3.8, 4) is 0 Å². The van der Waals surface area contributed by atoms with Gasteiger partial charge in [-0.2, -0.15) is 0 Å². The van der Waals surface area contributed by atoms with Gasteiger partial charge in [0.15, 0.2) is 0 Å². The molecule has 0 aliphatic carbocycles. The molecule has 36 valence electrons. The molecule has 0 aromatic rings. The van der Waals surface area contributed by atoms with Gasteiger partial charge >= 0.3 is 0 Å². The van der Waals surface area contributed by atoms with Crippen molar-refractivity contribution >= 4 is 15.0 Å². The monoisotopic (exact) mass is 104 g/mol. The average Bonchev–Trinajstić information content (AvgIpc) is 1.35. The second-order valence-corrected chi connectivity index (χ2v) is 5.67. The van der Waals surface area contributed by atoms with Crippen molar-refractivity contribution in [2.24, 2.45) is 0 Å². The van der Waals surface area contributed by atoms with Crippen molar-refractivity contribution in [1.29, 1.82) is 0 Å². The topological polar surface area (TPSA) is 17.1 Å². The lowest BCUT2D eigenvalue weighted by molar-refractivity contribution is 0.585. The predicted octanol–water partition coefficient (Wildman–Crippen LogP) is 0.200. The van der Waals surface area contributed by atoms with Crippen LogP contribution in [0.5, 0.6) is 0 Å². The van der Waals surface area contributed by atoms with Crippen LogP contribution in [0.3, 0.4) is 0 Å². The maximum absolute atomic E-state index is 10.6. The number of hydrogen-bond donors (Lipinski definition) is 0. The first kappa shape index (κ1) is 6.29. The highest BCUT2D eigenvalue weighted by Gasteiger charge is 1.98. The summed E-state index contributed by atoms with van der Waals surface area (Å²) in [4.78, 5) is 0. The van der Waals surface area contributed by atoms with E-state index in [4.69, 9.17) is 0 Å². The second kappa shape index (κ2) is 1.84. The summed E-state index contributed by atoms with van der Waals surface area (Å²) < 4.78 is 10.6. The highest BCUT2D eigenvalue weighted by atomic mass is 31.2. The summed E-state index contributed by atoms with van der Waals surface area (Å²) in [6, 6.07) is 0.826. The third-order valence-corrected chi connectivity index (χ3v) is 2.28. The molecule has 0 aromatic carbocycles. The summed E-state index contributed by atoms with van der Waals surface area (Å²) in [5, 5.41) is 0. The summed E-state index contributed by atoms with van der Waals surface area (Å²) in [6.45, 7) is 3.60. The van der Waals surface area contributed by atoms with Gasteiger partial charge in [-0.05, 0) is 19.4 Å². The normalized spacial score (nSPS) is 11.7. The lowest BCUT2D eigenvalue weighted by atomic mass is 10.2. The maximum atomic E-state index is 10.6. The van der Waals surface area contributed by atoms with Gasteiger partial charge in [0.05, 0.1) is 7.14 Å². The minimum absolute atomic E-state index is 0.826. The van der Waals surface area contributed by atoms with Crippen LogP contribution in [0.1, 0.15) is 0 Å². The van der Waals surface area contributed by atoms with Crippen molar-refractivity contribution in [2.45, 2.75) is 0 Å². The molecule has 0 unspecified atom stereocenters. The SMILES string of the molecule is BCP(C)(C)=O. The van der Waals surface area contributed by atoms with Crippen LogP contribution in [0.4, 0.5) is 0 Å². The molecule has 6 heavy (non-hydrogen) atoms. The van der Waals surface area contributed by atoms with E-state index in [0.29, 0.717) is 0 Å². The van der Waals surface area contributed by atoms with Gasteiger partial charge in [-0.1, -0.05) is 0 Å². The Morgan fingerprint density at radius 3 is 1.83 bits per heavy atom. The fraction of sp³-hybridized carbons (Fsp3) is 1.00. The Labute approximate surface area is 39.9 Å². The highest BCUT2D eigenvalue weighted by Crippen LogP contribution is 2.32. The fourth-order valence-electron chi connectivity index (χ4n) is 0. The third-order valence-electron chi connectivity index (χ3n) is 0.762. The van der Waals surface area contributed by atoms with Crippen molar-refractivity contribution in [1.82, 2.24) is 0 Å². The van der Waals surface area contributed by atoms with E-state index in [9.17, 15) is 4.57 Å². The van der Waals surface area contributed by atoms with Gasteiger partial charge in [0.25, 0.3) is 0 Å². The molecule has 0 bridgehead atoms. The molecule has 0 amide bonds. The molecular formula is C3H10BOP. The first-order valence-electron chi connectivity index (χ1n) is 2.10. The van der Waals surface area contributed by atoms with Gasteiger partial charge in [0.1, 0.15) is 7.85 Å². The lowest BCUT2D eigenvalue weighted by Gasteiger charge is -1.95. The first-order valence-corrected chi connectivity index (χ1v) is 4.89. The second-order valence-electron chi connectivity index (χ2n) is 1.89. The van der Waals surface area contributed by atoms with Crippen molar-refractivity contribution in [3.63, 3.8) is 0 Å². The zero-order valence-electron chi connectivity index (χ0n) is 4.56. The largest absolute Gasteiger partial charge is 0.325 e. The molecule has 0 fully saturated rings. The summed E-state index contributed by atoms with van der Waals surface area (Å²) in [6.07, 6.45) is 0. The lowest BCUT2D eigenvalue weighted by Crippen LogP contribution is -1.80. The van der Waals surface area contributed by atoms with Gasteiger partial charge in [0, 0.05) is 0 Å². The molecule has 0 heterocycles. The van der Waals surface area contributed by atoms with E-state index >= 15 is 0 Å². The third kappa shape index (κ3) is 4.29. The summed E-state index contributed by atoms with van der Waals surface area (Å²) in [7, 11) is 0.299. The van der Waals surface area contributed by atoms with E-state index in [1.54, 1.807) is 13.3 Å². The zero-order valence-corrected chi connectivity index (χ0v) is 5.46. The average molecular weight is 104 g/mol. The van der Waals surface area contributed by atoms with Crippen LogP contribution in [0.25, 0.3) is 0 Å². The van der Waals surface area contributed by atoms with Crippen molar-refractivity contribution in [2.75, 3.05) is 19.4 Å². The molecule has 0 atom stereocenters. The molecular weight excluding hydrogens is 93.8 g/mol. The van der Waals surface area contributed by atoms with Crippen LogP contribution in [0.15, 0.2) is 0 Å². The van der Waals surface area contributed by atoms with Crippen LogP contribution in [0, 0.1) is 0 Å². The smallest absolute Gasteiger partial charge is 0.110 e. The van der Waals surface area contributed by atoms with E-state index in [1.165, 1.54) is 0 Å². The number of rotatable bonds is 1. The Balaban J connectivity index is 3.48. The van der Waals surface area contributed by atoms with Crippen LogP contribution in [-0.2, 0) is 4.57 Å². The van der Waals surface area contributed by atoms with Crippen molar-refractivity contribution < 1.29 is 4.57 Å². The van der Waals surface area contributed by atoms with E-state index < -0.39 is 7.14 Å². The molecule has 0 saturated carbocycles. The summed E-state index contributed by atoms with van der Waals surface area (Å²) in [5.41, 5.74) is 0. The van der Waals surface area contributed by atoms with Crippen LogP contribution in [-0.4, -0.2) is 27.2 Å². The van der Waals surface area contributed by atoms with Gasteiger partial charge in [-0.25, -0.2) is 0 Å². The zero-order chi connectivity index (χ0) is 5.21. The molecule has 0 N–H and O–H groups in total. The maximum Gasteiger partial charge on any atom is 0.110 e.